The fraction of sp³-hybridized carbons (Fsp3) is 0.571. The number of methoxy groups -OCH3 is 1. The van der Waals surface area contributed by atoms with Crippen molar-refractivity contribution < 1.29 is 27.8 Å². The summed E-state index contributed by atoms with van der Waals surface area (Å²) in [6.45, 7) is -0.334. The van der Waals surface area contributed by atoms with Crippen molar-refractivity contribution in [2.24, 2.45) is 0 Å². The van der Waals surface area contributed by atoms with Gasteiger partial charge in [0.25, 0.3) is 0 Å². The molecular formula is C14H18F3NO3. The molecule has 1 saturated carbocycles. The summed E-state index contributed by atoms with van der Waals surface area (Å²) in [5.41, 5.74) is 0.733. The number of aliphatic hydroxyl groups excluding tert-OH is 1. The van der Waals surface area contributed by atoms with Gasteiger partial charge in [-0.3, -0.25) is 0 Å². The minimum absolute atomic E-state index is 0.283. The first-order chi connectivity index (χ1) is 9.90. The molecule has 2 rings (SSSR count). The molecule has 1 unspecified atom stereocenters. The summed E-state index contributed by atoms with van der Waals surface area (Å²) in [6.07, 6.45) is -4.98. The molecule has 4 nitrogen and oxygen atoms in total. The van der Waals surface area contributed by atoms with Crippen molar-refractivity contribution in [1.29, 1.82) is 0 Å². The van der Waals surface area contributed by atoms with E-state index in [1.54, 1.807) is 12.1 Å². The Balaban J connectivity index is 2.02. The molecule has 2 N–H and O–H groups in total. The van der Waals surface area contributed by atoms with E-state index in [9.17, 15) is 13.2 Å². The average Bonchev–Trinajstić information content (AvgIpc) is 3.25. The van der Waals surface area contributed by atoms with Crippen LogP contribution in [-0.2, 0) is 6.54 Å². The van der Waals surface area contributed by atoms with Gasteiger partial charge in [0, 0.05) is 24.2 Å². The molecule has 0 bridgehead atoms. The van der Waals surface area contributed by atoms with Crippen LogP contribution in [0.15, 0.2) is 18.2 Å². The fourth-order valence-corrected chi connectivity index (χ4v) is 1.75. The highest BCUT2D eigenvalue weighted by atomic mass is 19.4. The summed E-state index contributed by atoms with van der Waals surface area (Å²) >= 11 is 0. The number of hydrogen-bond acceptors (Lipinski definition) is 4. The highest BCUT2D eigenvalue weighted by Gasteiger charge is 2.38. The molecule has 0 radical (unpaired) electrons. The van der Waals surface area contributed by atoms with Crippen LogP contribution in [0.5, 0.6) is 11.5 Å². The molecule has 1 aromatic carbocycles. The van der Waals surface area contributed by atoms with Gasteiger partial charge in [0.15, 0.2) is 6.10 Å². The maximum absolute atomic E-state index is 12.3. The first-order valence-corrected chi connectivity index (χ1v) is 6.68. The summed E-state index contributed by atoms with van der Waals surface area (Å²) in [5, 5.41) is 12.3. The lowest BCUT2D eigenvalue weighted by atomic mass is 10.2. The number of nitrogens with one attached hydrogen (secondary N) is 1. The standard InChI is InChI=1S/C14H18F3NO3/c1-20-11-5-2-9(7-18-10-3-4-10)12(6-11)21-8-13(19)14(15,16)17/h2,5-6,10,13,18-19H,3-4,7-8H2,1H3. The first-order valence-electron chi connectivity index (χ1n) is 6.68. The Morgan fingerprint density at radius 3 is 2.67 bits per heavy atom. The van der Waals surface area contributed by atoms with Gasteiger partial charge in [-0.15, -0.1) is 0 Å². The smallest absolute Gasteiger partial charge is 0.417 e. The quantitative estimate of drug-likeness (QED) is 0.811. The van der Waals surface area contributed by atoms with Crippen molar-refractivity contribution in [2.75, 3.05) is 13.7 Å². The van der Waals surface area contributed by atoms with E-state index in [0.717, 1.165) is 18.4 Å². The minimum Gasteiger partial charge on any atom is -0.497 e. The van der Waals surface area contributed by atoms with Gasteiger partial charge in [0.05, 0.1) is 7.11 Å². The van der Waals surface area contributed by atoms with Crippen molar-refractivity contribution >= 4 is 0 Å². The maximum atomic E-state index is 12.3. The molecule has 1 aromatic rings. The number of alkyl halides is 3. The van der Waals surface area contributed by atoms with Crippen molar-refractivity contribution in [3.8, 4) is 11.5 Å². The number of ether oxygens (including phenoxy) is 2. The Bertz CT molecular complexity index is 475. The molecule has 1 aliphatic carbocycles. The van der Waals surface area contributed by atoms with Crippen LogP contribution < -0.4 is 14.8 Å². The zero-order valence-corrected chi connectivity index (χ0v) is 11.6. The molecule has 1 aliphatic rings. The number of aliphatic hydroxyl groups is 1. The lowest BCUT2D eigenvalue weighted by Gasteiger charge is -2.18. The fourth-order valence-electron chi connectivity index (χ4n) is 1.75. The molecule has 1 fully saturated rings. The third kappa shape index (κ3) is 4.78. The third-order valence-corrected chi connectivity index (χ3v) is 3.21. The van der Waals surface area contributed by atoms with Gasteiger partial charge in [0.1, 0.15) is 18.1 Å². The van der Waals surface area contributed by atoms with E-state index in [4.69, 9.17) is 14.6 Å². The summed E-state index contributed by atoms with van der Waals surface area (Å²) in [4.78, 5) is 0. The minimum atomic E-state index is -4.69. The predicted molar refractivity (Wildman–Crippen MR) is 70.4 cm³/mol. The van der Waals surface area contributed by atoms with E-state index in [-0.39, 0.29) is 5.75 Å². The first kappa shape index (κ1) is 15.9. The van der Waals surface area contributed by atoms with Gasteiger partial charge in [-0.2, -0.15) is 13.2 Å². The van der Waals surface area contributed by atoms with Gasteiger partial charge in [0.2, 0.25) is 0 Å². The van der Waals surface area contributed by atoms with Gasteiger partial charge < -0.3 is 19.9 Å². The molecule has 0 spiro atoms. The zero-order chi connectivity index (χ0) is 15.5. The monoisotopic (exact) mass is 305 g/mol. The highest BCUT2D eigenvalue weighted by Crippen LogP contribution is 2.28. The summed E-state index contributed by atoms with van der Waals surface area (Å²) in [7, 11) is 1.46. The number of rotatable bonds is 7. The molecule has 0 aliphatic heterocycles. The Morgan fingerprint density at radius 2 is 2.10 bits per heavy atom. The molecule has 0 saturated heterocycles. The van der Waals surface area contributed by atoms with Crippen LogP contribution >= 0.6 is 0 Å². The van der Waals surface area contributed by atoms with Crippen LogP contribution in [-0.4, -0.2) is 37.1 Å². The Kier molecular flexibility index (Phi) is 4.95. The summed E-state index contributed by atoms with van der Waals surface area (Å²) in [6, 6.07) is 5.45. The van der Waals surface area contributed by atoms with Crippen LogP contribution in [0, 0.1) is 0 Å². The van der Waals surface area contributed by atoms with Crippen molar-refractivity contribution in [2.45, 2.75) is 37.7 Å². The average molecular weight is 305 g/mol. The molecule has 7 heteroatoms. The van der Waals surface area contributed by atoms with Crippen LogP contribution in [0.2, 0.25) is 0 Å². The van der Waals surface area contributed by atoms with Gasteiger partial charge in [-0.05, 0) is 18.9 Å². The highest BCUT2D eigenvalue weighted by molar-refractivity contribution is 5.40. The maximum Gasteiger partial charge on any atom is 0.417 e. The van der Waals surface area contributed by atoms with E-state index in [0.29, 0.717) is 18.3 Å². The van der Waals surface area contributed by atoms with Crippen LogP contribution in [0.4, 0.5) is 13.2 Å². The zero-order valence-electron chi connectivity index (χ0n) is 11.6. The van der Waals surface area contributed by atoms with E-state index in [2.05, 4.69) is 5.32 Å². The molecule has 21 heavy (non-hydrogen) atoms. The Labute approximate surface area is 120 Å². The lowest BCUT2D eigenvalue weighted by molar-refractivity contribution is -0.210. The largest absolute Gasteiger partial charge is 0.497 e. The van der Waals surface area contributed by atoms with Crippen LogP contribution in [0.1, 0.15) is 18.4 Å². The van der Waals surface area contributed by atoms with Crippen molar-refractivity contribution in [1.82, 2.24) is 5.32 Å². The number of benzene rings is 1. The van der Waals surface area contributed by atoms with Crippen molar-refractivity contribution in [3.63, 3.8) is 0 Å². The molecule has 0 aromatic heterocycles. The second-order valence-corrected chi connectivity index (χ2v) is 5.00. The van der Waals surface area contributed by atoms with E-state index in [1.165, 1.54) is 13.2 Å². The lowest BCUT2D eigenvalue weighted by Crippen LogP contribution is -2.34. The van der Waals surface area contributed by atoms with Gasteiger partial charge in [-0.25, -0.2) is 0 Å². The normalized spacial score (nSPS) is 16.6. The summed E-state index contributed by atoms with van der Waals surface area (Å²) < 4.78 is 47.0. The second kappa shape index (κ2) is 6.53. The molecule has 118 valence electrons. The molecule has 0 amide bonds. The molecular weight excluding hydrogens is 287 g/mol. The van der Waals surface area contributed by atoms with Gasteiger partial charge in [-0.1, -0.05) is 6.07 Å². The van der Waals surface area contributed by atoms with Crippen LogP contribution in [0.3, 0.4) is 0 Å². The number of halogens is 3. The molecule has 0 heterocycles. The van der Waals surface area contributed by atoms with E-state index >= 15 is 0 Å². The predicted octanol–water partition coefficient (Wildman–Crippen LogP) is 2.25. The Morgan fingerprint density at radius 1 is 1.38 bits per heavy atom. The van der Waals surface area contributed by atoms with E-state index < -0.39 is 18.9 Å². The van der Waals surface area contributed by atoms with Crippen molar-refractivity contribution in [3.05, 3.63) is 23.8 Å². The van der Waals surface area contributed by atoms with E-state index in [1.807, 2.05) is 0 Å². The number of hydrogen-bond donors (Lipinski definition) is 2. The molecule has 1 atom stereocenters. The SMILES string of the molecule is COc1ccc(CNC2CC2)c(OCC(O)C(F)(F)F)c1. The third-order valence-electron chi connectivity index (χ3n) is 3.21. The van der Waals surface area contributed by atoms with Crippen LogP contribution in [0.25, 0.3) is 0 Å². The second-order valence-electron chi connectivity index (χ2n) is 5.00. The Hall–Kier alpha value is -1.47. The van der Waals surface area contributed by atoms with Gasteiger partial charge >= 0.3 is 6.18 Å². The summed E-state index contributed by atoms with van der Waals surface area (Å²) in [5.74, 6) is 0.771. The topological polar surface area (TPSA) is 50.7 Å².